The number of hydrogen-bond acceptors (Lipinski definition) is 8. The van der Waals surface area contributed by atoms with E-state index in [4.69, 9.17) is 14.2 Å². The van der Waals surface area contributed by atoms with Crippen LogP contribution >= 0.6 is 15.9 Å². The highest BCUT2D eigenvalue weighted by Crippen LogP contribution is 2.61. The number of aliphatic hydroxyl groups excluding tert-OH is 1. The molecule has 286 valence electrons. The summed E-state index contributed by atoms with van der Waals surface area (Å²) in [4.78, 5) is 60.5. The van der Waals surface area contributed by atoms with Gasteiger partial charge in [0.05, 0.1) is 43.2 Å². The maximum Gasteiger partial charge on any atom is 0.313 e. The highest BCUT2D eigenvalue weighted by molar-refractivity contribution is 9.09. The Labute approximate surface area is 320 Å². The fraction of sp³-hybridized carbons (Fsp3) is 0.512. The molecule has 9 atom stereocenters. The van der Waals surface area contributed by atoms with Crippen molar-refractivity contribution >= 4 is 45.3 Å². The summed E-state index contributed by atoms with van der Waals surface area (Å²) >= 11 is 3.75. The highest BCUT2D eigenvalue weighted by atomic mass is 79.9. The molecule has 5 rings (SSSR count). The van der Waals surface area contributed by atoms with Crippen LogP contribution in [-0.4, -0.2) is 95.2 Å². The Balaban J connectivity index is 1.58. The van der Waals surface area contributed by atoms with Crippen LogP contribution in [0.5, 0.6) is 0 Å². The van der Waals surface area contributed by atoms with Crippen LogP contribution in [0.3, 0.4) is 0 Å². The predicted molar refractivity (Wildman–Crippen MR) is 205 cm³/mol. The van der Waals surface area contributed by atoms with Crippen LogP contribution in [0, 0.1) is 31.6 Å². The number of carbonyl (C=O) groups is 4. The number of aliphatic hydroxyl groups is 1. The van der Waals surface area contributed by atoms with Crippen molar-refractivity contribution in [2.24, 2.45) is 17.8 Å². The average Bonchev–Trinajstić information content (AvgIpc) is 3.72. The first-order chi connectivity index (χ1) is 25.4. The Morgan fingerprint density at radius 2 is 1.79 bits per heavy atom. The number of halogens is 1. The third-order valence-corrected chi connectivity index (χ3v) is 11.7. The molecule has 0 radical (unpaired) electrons. The number of aryl methyl sites for hydroxylation is 2. The highest BCUT2D eigenvalue weighted by Gasteiger charge is 2.78. The quantitative estimate of drug-likeness (QED) is 0.130. The molecule has 0 aliphatic carbocycles. The van der Waals surface area contributed by atoms with Crippen LogP contribution in [0.4, 0.5) is 5.69 Å². The lowest BCUT2D eigenvalue weighted by molar-refractivity contribution is -0.163. The van der Waals surface area contributed by atoms with Crippen molar-refractivity contribution in [2.45, 2.75) is 87.7 Å². The lowest BCUT2D eigenvalue weighted by Crippen LogP contribution is -2.60. The Morgan fingerprint density at radius 1 is 1.11 bits per heavy atom. The van der Waals surface area contributed by atoms with Gasteiger partial charge in [-0.25, -0.2) is 0 Å². The first kappa shape index (κ1) is 40.3. The van der Waals surface area contributed by atoms with E-state index >= 15 is 4.79 Å². The SMILES string of the molecule is C=CCCC(=O)N[C@H](COC)[C@H](OC(=O)[C@@H]1[C@H]2O[C@@]3(CC2Br)[C@H](C(=O)N(CC=C)c2c(C)cccc2C)N([C@@H](CO)C(C)C)C(=O)[C@@H]13)c1ccccc1. The van der Waals surface area contributed by atoms with E-state index < -0.39 is 66.3 Å². The van der Waals surface area contributed by atoms with Gasteiger partial charge in [-0.15, -0.1) is 13.2 Å². The van der Waals surface area contributed by atoms with Gasteiger partial charge in [-0.3, -0.25) is 19.2 Å². The summed E-state index contributed by atoms with van der Waals surface area (Å²) in [6.45, 7) is 15.1. The van der Waals surface area contributed by atoms with Gasteiger partial charge in [0.1, 0.15) is 17.7 Å². The number of fused-ring (bicyclic) bond motifs is 1. The van der Waals surface area contributed by atoms with E-state index in [0.29, 0.717) is 17.7 Å². The number of methoxy groups -OCH3 is 1. The van der Waals surface area contributed by atoms with Crippen molar-refractivity contribution in [1.29, 1.82) is 0 Å². The number of allylic oxidation sites excluding steroid dienone is 1. The summed E-state index contributed by atoms with van der Waals surface area (Å²) in [6.07, 6.45) is 2.48. The molecule has 12 heteroatoms. The van der Waals surface area contributed by atoms with Crippen molar-refractivity contribution in [2.75, 3.05) is 31.8 Å². The van der Waals surface area contributed by atoms with Crippen LogP contribution in [0.2, 0.25) is 0 Å². The summed E-state index contributed by atoms with van der Waals surface area (Å²) in [5.74, 6) is -4.16. The third kappa shape index (κ3) is 7.61. The normalized spacial score (nSPS) is 26.2. The molecule has 3 fully saturated rings. The maximum absolute atomic E-state index is 15.2. The van der Waals surface area contributed by atoms with Crippen molar-refractivity contribution in [3.63, 3.8) is 0 Å². The van der Waals surface area contributed by atoms with Gasteiger partial charge < -0.3 is 34.4 Å². The number of benzene rings is 2. The van der Waals surface area contributed by atoms with Crippen molar-refractivity contribution in [3.05, 3.63) is 90.5 Å². The molecule has 3 aliphatic rings. The van der Waals surface area contributed by atoms with E-state index in [9.17, 15) is 19.5 Å². The molecule has 3 saturated heterocycles. The number of nitrogens with zero attached hydrogens (tertiary/aromatic N) is 2. The van der Waals surface area contributed by atoms with Crippen LogP contribution < -0.4 is 10.2 Å². The number of rotatable bonds is 17. The van der Waals surface area contributed by atoms with Gasteiger partial charge in [-0.05, 0) is 49.3 Å². The van der Waals surface area contributed by atoms with Crippen molar-refractivity contribution < 1.29 is 38.5 Å². The van der Waals surface area contributed by atoms with Crippen molar-refractivity contribution in [3.8, 4) is 0 Å². The zero-order chi connectivity index (χ0) is 38.6. The number of hydrogen-bond donors (Lipinski definition) is 2. The minimum absolute atomic E-state index is 0.0407. The molecule has 3 amide bonds. The Kier molecular flexibility index (Phi) is 13.0. The van der Waals surface area contributed by atoms with Gasteiger partial charge in [-0.1, -0.05) is 90.5 Å². The molecular formula is C41H52BrN3O8. The molecule has 2 bridgehead atoms. The number of likely N-dealkylation sites (tertiary alicyclic amines) is 1. The van der Waals surface area contributed by atoms with E-state index in [2.05, 4.69) is 34.4 Å². The summed E-state index contributed by atoms with van der Waals surface area (Å²) < 4.78 is 18.7. The Hall–Kier alpha value is -3.84. The minimum atomic E-state index is -1.40. The van der Waals surface area contributed by atoms with Crippen LogP contribution in [0.1, 0.15) is 55.9 Å². The minimum Gasteiger partial charge on any atom is -0.455 e. The van der Waals surface area contributed by atoms with Gasteiger partial charge in [0.15, 0.2) is 0 Å². The lowest BCUT2D eigenvalue weighted by atomic mass is 9.70. The molecule has 1 spiro atoms. The van der Waals surface area contributed by atoms with E-state index in [0.717, 1.165) is 11.1 Å². The molecular weight excluding hydrogens is 742 g/mol. The molecule has 0 aromatic heterocycles. The molecule has 2 aromatic carbocycles. The number of anilines is 1. The molecule has 3 heterocycles. The first-order valence-corrected chi connectivity index (χ1v) is 19.2. The molecule has 0 saturated carbocycles. The van der Waals surface area contributed by atoms with Gasteiger partial charge in [-0.2, -0.15) is 0 Å². The maximum atomic E-state index is 15.2. The molecule has 2 aromatic rings. The molecule has 11 nitrogen and oxygen atoms in total. The number of ether oxygens (including phenoxy) is 3. The monoisotopic (exact) mass is 793 g/mol. The lowest BCUT2D eigenvalue weighted by Gasteiger charge is -2.41. The van der Waals surface area contributed by atoms with E-state index in [1.54, 1.807) is 29.2 Å². The average molecular weight is 795 g/mol. The summed E-state index contributed by atoms with van der Waals surface area (Å²) in [7, 11) is 1.50. The fourth-order valence-electron chi connectivity index (χ4n) is 8.52. The molecule has 3 aliphatic heterocycles. The van der Waals surface area contributed by atoms with Crippen LogP contribution in [-0.2, 0) is 33.4 Å². The van der Waals surface area contributed by atoms with Gasteiger partial charge in [0, 0.05) is 30.6 Å². The number of para-hydroxylation sites is 1. The second-order valence-corrected chi connectivity index (χ2v) is 15.8. The zero-order valence-electron chi connectivity index (χ0n) is 31.2. The number of alkyl halides is 1. The van der Waals surface area contributed by atoms with Gasteiger partial charge in [0.2, 0.25) is 11.8 Å². The molecule has 1 unspecified atom stereocenters. The van der Waals surface area contributed by atoms with Gasteiger partial charge in [0.25, 0.3) is 5.91 Å². The second kappa shape index (κ2) is 17.1. The number of esters is 1. The van der Waals surface area contributed by atoms with E-state index in [1.807, 2.05) is 64.1 Å². The second-order valence-electron chi connectivity index (χ2n) is 14.6. The van der Waals surface area contributed by atoms with Gasteiger partial charge >= 0.3 is 5.97 Å². The number of carbonyl (C=O) groups excluding carboxylic acids is 4. The smallest absolute Gasteiger partial charge is 0.313 e. The topological polar surface area (TPSA) is 135 Å². The standard InChI is InChI=1S/C41H52BrN3O8/c1-8-10-19-31(47)43-29(23-51-7)35(27-17-12-11-13-18-27)52-40(50)32-33-38(48)45(30(22-46)24(3)4)37(41(33)21-28(42)36(32)53-41)39(49)44(20-9-2)34-25(5)15-14-16-26(34)6/h8-9,11-18,24,28-30,32-33,35-37,46H,1-2,10,19-23H2,3-7H3,(H,43,47)/t28?,29-,30+,32+,33-,35-,36+,37+,41-/m1/s1. The predicted octanol–water partition coefficient (Wildman–Crippen LogP) is 4.97. The first-order valence-electron chi connectivity index (χ1n) is 18.2. The van der Waals surface area contributed by atoms with Crippen LogP contribution in [0.25, 0.3) is 0 Å². The molecule has 53 heavy (non-hydrogen) atoms. The number of nitrogens with one attached hydrogen (secondary N) is 1. The summed E-state index contributed by atoms with van der Waals surface area (Å²) in [6, 6.07) is 12.2. The zero-order valence-corrected chi connectivity index (χ0v) is 32.8. The van der Waals surface area contributed by atoms with Crippen LogP contribution in [0.15, 0.2) is 73.8 Å². The largest absolute Gasteiger partial charge is 0.455 e. The third-order valence-electron chi connectivity index (χ3n) is 10.8. The van der Waals surface area contributed by atoms with E-state index in [1.165, 1.54) is 12.0 Å². The van der Waals surface area contributed by atoms with E-state index in [-0.39, 0.29) is 48.6 Å². The molecule has 2 N–H and O–H groups in total. The van der Waals surface area contributed by atoms with Crippen molar-refractivity contribution in [1.82, 2.24) is 10.2 Å². The fourth-order valence-corrected chi connectivity index (χ4v) is 9.46. The summed E-state index contributed by atoms with van der Waals surface area (Å²) in [5, 5.41) is 13.7. The summed E-state index contributed by atoms with van der Waals surface area (Å²) in [5.41, 5.74) is 1.68. The Morgan fingerprint density at radius 3 is 2.38 bits per heavy atom. The Bertz CT molecular complexity index is 1670. The number of amides is 3.